The van der Waals surface area contributed by atoms with Gasteiger partial charge in [0.2, 0.25) is 0 Å². The number of rotatable bonds is 3. The largest absolute Gasteiger partial charge is 0.141 e. The molecule has 0 aliphatic heterocycles. The van der Waals surface area contributed by atoms with Gasteiger partial charge in [0.05, 0.1) is 2.75 Å². The molecule has 2 rings (SSSR count). The Balaban J connectivity index is 1.84. The predicted molar refractivity (Wildman–Crippen MR) is 83.5 cm³/mol. The lowest BCUT2D eigenvalue weighted by molar-refractivity contribution is 0.349. The minimum Gasteiger partial charge on any atom is -0.141 e. The Hall–Kier alpha value is 1.08. The molecule has 0 aromatic rings. The number of halogens is 1. The fraction of sp³-hybridized carbons (Fsp3) is 1.00. The van der Waals surface area contributed by atoms with Crippen molar-refractivity contribution in [2.75, 3.05) is 0 Å². The first-order valence-electron chi connectivity index (χ1n) is 7.05. The molecular weight excluding hydrogens is 327 g/mol. The lowest BCUT2D eigenvalue weighted by Gasteiger charge is -2.38. The van der Waals surface area contributed by atoms with E-state index in [0.29, 0.717) is 2.75 Å². The summed E-state index contributed by atoms with van der Waals surface area (Å²) in [5.74, 6) is 0.980. The highest BCUT2D eigenvalue weighted by Gasteiger charge is 2.35. The van der Waals surface area contributed by atoms with Crippen molar-refractivity contribution in [2.24, 2.45) is 5.92 Å². The van der Waals surface area contributed by atoms with Gasteiger partial charge in [0.15, 0.2) is 0 Å². The van der Waals surface area contributed by atoms with Crippen LogP contribution in [-0.4, -0.2) is 8.00 Å². The van der Waals surface area contributed by atoms with E-state index in [4.69, 9.17) is 0 Å². The van der Waals surface area contributed by atoms with Gasteiger partial charge in [0.1, 0.15) is 0 Å². The number of alkyl halides is 1. The molecule has 1 unspecified atom stereocenters. The molecule has 2 heteroatoms. The normalized spacial score (nSPS) is 28.9. The van der Waals surface area contributed by atoms with Gasteiger partial charge < -0.3 is 0 Å². The lowest BCUT2D eigenvalue weighted by Crippen LogP contribution is -2.29. The van der Waals surface area contributed by atoms with Crippen LogP contribution >= 0.6 is 34.4 Å². The monoisotopic (exact) mass is 352 g/mol. The van der Waals surface area contributed by atoms with E-state index >= 15 is 0 Å². The van der Waals surface area contributed by atoms with Gasteiger partial charge in [-0.1, -0.05) is 61.1 Å². The Morgan fingerprint density at radius 2 is 1.38 bits per heavy atom. The molecule has 2 saturated carbocycles. The van der Waals surface area contributed by atoms with Gasteiger partial charge in [-0.15, -0.1) is 11.8 Å². The van der Waals surface area contributed by atoms with Crippen molar-refractivity contribution in [2.45, 2.75) is 79.1 Å². The highest BCUT2D eigenvalue weighted by atomic mass is 127. The molecule has 0 radical (unpaired) electrons. The molecule has 16 heavy (non-hydrogen) atoms. The molecule has 0 bridgehead atoms. The van der Waals surface area contributed by atoms with Crippen LogP contribution in [0.5, 0.6) is 0 Å². The standard InChI is InChI=1S/C14H25IS/c1-14(15,12-8-4-2-5-9-12)16-13-10-6-3-7-11-13/h12-13H,2-11H2,1H3. The summed E-state index contributed by atoms with van der Waals surface area (Å²) >= 11 is 5.08. The molecule has 2 aliphatic carbocycles. The smallest absolute Gasteiger partial charge is 0.0675 e. The van der Waals surface area contributed by atoms with E-state index in [0.717, 1.165) is 11.2 Å². The second-order valence-electron chi connectivity index (χ2n) is 5.70. The van der Waals surface area contributed by atoms with Gasteiger partial charge in [0.25, 0.3) is 0 Å². The minimum absolute atomic E-state index is 0.514. The first-order chi connectivity index (χ1) is 7.68. The quantitative estimate of drug-likeness (QED) is 0.458. The maximum absolute atomic E-state index is 2.76. The third kappa shape index (κ3) is 3.79. The van der Waals surface area contributed by atoms with Crippen LogP contribution in [-0.2, 0) is 0 Å². The number of hydrogen-bond acceptors (Lipinski definition) is 1. The average Bonchev–Trinajstić information content (AvgIpc) is 2.31. The second kappa shape index (κ2) is 6.31. The SMILES string of the molecule is CC(I)(SC1CCCCC1)C1CCCCC1. The highest BCUT2D eigenvalue weighted by molar-refractivity contribution is 14.1. The van der Waals surface area contributed by atoms with Crippen molar-refractivity contribution >= 4 is 34.4 Å². The fourth-order valence-corrected chi connectivity index (χ4v) is 6.57. The molecule has 0 spiro atoms. The molecule has 2 aliphatic rings. The predicted octanol–water partition coefficient (Wildman–Crippen LogP) is 5.78. The molecule has 0 saturated heterocycles. The zero-order chi connectivity index (χ0) is 11.4. The first kappa shape index (κ1) is 13.5. The van der Waals surface area contributed by atoms with Crippen LogP contribution in [0.2, 0.25) is 0 Å². The van der Waals surface area contributed by atoms with Crippen molar-refractivity contribution in [3.8, 4) is 0 Å². The Bertz CT molecular complexity index is 203. The number of thioether (sulfide) groups is 1. The molecule has 0 nitrogen and oxygen atoms in total. The Morgan fingerprint density at radius 3 is 1.94 bits per heavy atom. The summed E-state index contributed by atoms with van der Waals surface area (Å²) in [6, 6.07) is 0. The van der Waals surface area contributed by atoms with Gasteiger partial charge in [-0.05, 0) is 38.5 Å². The van der Waals surface area contributed by atoms with E-state index in [9.17, 15) is 0 Å². The molecule has 1 atom stereocenters. The van der Waals surface area contributed by atoms with Crippen molar-refractivity contribution in [3.63, 3.8) is 0 Å². The fourth-order valence-electron chi connectivity index (χ4n) is 3.22. The van der Waals surface area contributed by atoms with Crippen LogP contribution in [0.4, 0.5) is 0 Å². The second-order valence-corrected chi connectivity index (χ2v) is 10.4. The van der Waals surface area contributed by atoms with Gasteiger partial charge >= 0.3 is 0 Å². The van der Waals surface area contributed by atoms with E-state index in [1.165, 1.54) is 64.2 Å². The van der Waals surface area contributed by atoms with Gasteiger partial charge in [0, 0.05) is 5.25 Å². The molecular formula is C14H25IS. The van der Waals surface area contributed by atoms with E-state index in [1.54, 1.807) is 0 Å². The molecule has 94 valence electrons. The summed E-state index contributed by atoms with van der Waals surface area (Å²) in [4.78, 5) is 0. The molecule has 2 fully saturated rings. The van der Waals surface area contributed by atoms with Crippen molar-refractivity contribution in [1.82, 2.24) is 0 Å². The maximum atomic E-state index is 2.76. The molecule has 0 heterocycles. The summed E-state index contributed by atoms with van der Waals surface area (Å²) < 4.78 is 0.514. The summed E-state index contributed by atoms with van der Waals surface area (Å²) in [5, 5.41) is 0.970. The van der Waals surface area contributed by atoms with Gasteiger partial charge in [-0.2, -0.15) is 0 Å². The third-order valence-corrected chi connectivity index (χ3v) is 7.53. The highest BCUT2D eigenvalue weighted by Crippen LogP contribution is 2.49. The molecule has 0 aromatic heterocycles. The van der Waals surface area contributed by atoms with Crippen LogP contribution in [0.1, 0.15) is 71.1 Å². The van der Waals surface area contributed by atoms with Crippen LogP contribution in [0.3, 0.4) is 0 Å². The van der Waals surface area contributed by atoms with Crippen LogP contribution < -0.4 is 0 Å². The Morgan fingerprint density at radius 1 is 0.875 bits per heavy atom. The van der Waals surface area contributed by atoms with E-state index in [-0.39, 0.29) is 0 Å². The summed E-state index contributed by atoms with van der Waals surface area (Å²) in [6.07, 6.45) is 14.8. The van der Waals surface area contributed by atoms with Crippen LogP contribution in [0, 0.1) is 5.92 Å². The summed E-state index contributed by atoms with van der Waals surface area (Å²) in [7, 11) is 0. The van der Waals surface area contributed by atoms with E-state index < -0.39 is 0 Å². The Labute approximate surface area is 119 Å². The maximum Gasteiger partial charge on any atom is 0.0675 e. The van der Waals surface area contributed by atoms with Gasteiger partial charge in [-0.3, -0.25) is 0 Å². The zero-order valence-corrected chi connectivity index (χ0v) is 13.5. The van der Waals surface area contributed by atoms with Crippen molar-refractivity contribution < 1.29 is 0 Å². The van der Waals surface area contributed by atoms with Crippen molar-refractivity contribution in [3.05, 3.63) is 0 Å². The summed E-state index contributed by atoms with van der Waals surface area (Å²) in [5.41, 5.74) is 0. The Kier molecular flexibility index (Phi) is 5.32. The molecule has 0 N–H and O–H groups in total. The van der Waals surface area contributed by atoms with Gasteiger partial charge in [-0.25, -0.2) is 0 Å². The lowest BCUT2D eigenvalue weighted by atomic mass is 9.87. The summed E-state index contributed by atoms with van der Waals surface area (Å²) in [6.45, 7) is 2.50. The molecule has 0 aromatic carbocycles. The molecule has 0 amide bonds. The third-order valence-electron chi connectivity index (χ3n) is 4.28. The van der Waals surface area contributed by atoms with Crippen molar-refractivity contribution in [1.29, 1.82) is 0 Å². The van der Waals surface area contributed by atoms with Crippen LogP contribution in [0.25, 0.3) is 0 Å². The number of hydrogen-bond donors (Lipinski definition) is 0. The first-order valence-corrected chi connectivity index (χ1v) is 9.01. The van der Waals surface area contributed by atoms with Crippen LogP contribution in [0.15, 0.2) is 0 Å². The topological polar surface area (TPSA) is 0 Å². The minimum atomic E-state index is 0.514. The average molecular weight is 352 g/mol. The zero-order valence-electron chi connectivity index (χ0n) is 10.5. The van der Waals surface area contributed by atoms with E-state index in [1.807, 2.05) is 0 Å². The van der Waals surface area contributed by atoms with E-state index in [2.05, 4.69) is 41.3 Å².